The molecule has 0 aliphatic carbocycles. The van der Waals surface area contributed by atoms with Crippen LogP contribution in [0.15, 0.2) is 36.5 Å². The molecule has 0 saturated carbocycles. The van der Waals surface area contributed by atoms with Crippen molar-refractivity contribution in [2.45, 2.75) is 25.8 Å². The standard InChI is InChI=1S/C13H16N2/c1-2-5-12(14)11-8-3-6-10-7-4-9-15-13(10)11/h3-4,6-9,12H,2,5,14H2,1H3. The summed E-state index contributed by atoms with van der Waals surface area (Å²) in [5.41, 5.74) is 8.34. The van der Waals surface area contributed by atoms with Crippen molar-refractivity contribution in [2.75, 3.05) is 0 Å². The van der Waals surface area contributed by atoms with E-state index in [1.54, 1.807) is 0 Å². The molecule has 0 aliphatic rings. The largest absolute Gasteiger partial charge is 0.324 e. The lowest BCUT2D eigenvalue weighted by Gasteiger charge is -2.12. The van der Waals surface area contributed by atoms with E-state index in [1.165, 1.54) is 5.39 Å². The summed E-state index contributed by atoms with van der Waals surface area (Å²) in [4.78, 5) is 4.40. The molecule has 1 aromatic heterocycles. The Morgan fingerprint density at radius 3 is 2.87 bits per heavy atom. The number of rotatable bonds is 3. The molecule has 0 fully saturated rings. The summed E-state index contributed by atoms with van der Waals surface area (Å²) in [7, 11) is 0. The summed E-state index contributed by atoms with van der Waals surface area (Å²) in [6.45, 7) is 2.15. The lowest BCUT2D eigenvalue weighted by Crippen LogP contribution is -2.10. The Balaban J connectivity index is 2.50. The number of aromatic nitrogens is 1. The molecule has 2 N–H and O–H groups in total. The second-order valence-corrected chi connectivity index (χ2v) is 3.82. The van der Waals surface area contributed by atoms with Gasteiger partial charge in [-0.05, 0) is 18.1 Å². The third-order valence-electron chi connectivity index (χ3n) is 2.66. The van der Waals surface area contributed by atoms with Crippen LogP contribution >= 0.6 is 0 Å². The van der Waals surface area contributed by atoms with E-state index in [1.807, 2.05) is 12.3 Å². The van der Waals surface area contributed by atoms with Crippen LogP contribution in [-0.4, -0.2) is 4.98 Å². The van der Waals surface area contributed by atoms with Gasteiger partial charge in [0.25, 0.3) is 0 Å². The van der Waals surface area contributed by atoms with Crippen LogP contribution in [0, 0.1) is 0 Å². The van der Waals surface area contributed by atoms with Crippen molar-refractivity contribution in [1.82, 2.24) is 4.98 Å². The number of nitrogens with zero attached hydrogens (tertiary/aromatic N) is 1. The monoisotopic (exact) mass is 200 g/mol. The first-order valence-corrected chi connectivity index (χ1v) is 5.42. The first-order valence-electron chi connectivity index (χ1n) is 5.42. The Kier molecular flexibility index (Phi) is 2.97. The van der Waals surface area contributed by atoms with Crippen LogP contribution in [0.25, 0.3) is 10.9 Å². The summed E-state index contributed by atoms with van der Waals surface area (Å²) in [5.74, 6) is 0. The number of pyridine rings is 1. The average molecular weight is 200 g/mol. The highest BCUT2D eigenvalue weighted by molar-refractivity contribution is 5.81. The van der Waals surface area contributed by atoms with E-state index < -0.39 is 0 Å². The predicted molar refractivity (Wildman–Crippen MR) is 63.6 cm³/mol. The molecule has 0 spiro atoms. The third-order valence-corrected chi connectivity index (χ3v) is 2.66. The van der Waals surface area contributed by atoms with Gasteiger partial charge in [0.2, 0.25) is 0 Å². The smallest absolute Gasteiger partial charge is 0.0749 e. The van der Waals surface area contributed by atoms with Gasteiger partial charge in [0, 0.05) is 17.6 Å². The maximum absolute atomic E-state index is 6.13. The molecule has 1 heterocycles. The number of hydrogen-bond donors (Lipinski definition) is 1. The zero-order valence-electron chi connectivity index (χ0n) is 8.98. The minimum absolute atomic E-state index is 0.105. The molecule has 2 nitrogen and oxygen atoms in total. The van der Waals surface area contributed by atoms with Gasteiger partial charge in [0.15, 0.2) is 0 Å². The Morgan fingerprint density at radius 2 is 2.07 bits per heavy atom. The number of hydrogen-bond acceptors (Lipinski definition) is 2. The number of nitrogens with two attached hydrogens (primary N) is 1. The molecule has 1 atom stereocenters. The molecule has 1 unspecified atom stereocenters. The van der Waals surface area contributed by atoms with E-state index in [9.17, 15) is 0 Å². The highest BCUT2D eigenvalue weighted by Gasteiger charge is 2.08. The Labute approximate surface area is 90.1 Å². The fourth-order valence-corrected chi connectivity index (χ4v) is 1.89. The molecule has 0 bridgehead atoms. The zero-order valence-corrected chi connectivity index (χ0v) is 8.98. The van der Waals surface area contributed by atoms with Crippen molar-refractivity contribution in [3.05, 3.63) is 42.1 Å². The molecular weight excluding hydrogens is 184 g/mol. The zero-order chi connectivity index (χ0) is 10.7. The Morgan fingerprint density at radius 1 is 1.27 bits per heavy atom. The summed E-state index contributed by atoms with van der Waals surface area (Å²) >= 11 is 0. The van der Waals surface area contributed by atoms with Crippen LogP contribution in [0.2, 0.25) is 0 Å². The highest BCUT2D eigenvalue weighted by atomic mass is 14.7. The quantitative estimate of drug-likeness (QED) is 0.827. The fraction of sp³-hybridized carbons (Fsp3) is 0.308. The van der Waals surface area contributed by atoms with Crippen LogP contribution in [0.1, 0.15) is 31.4 Å². The molecule has 0 amide bonds. The number of benzene rings is 1. The van der Waals surface area contributed by atoms with Gasteiger partial charge in [-0.25, -0.2) is 0 Å². The topological polar surface area (TPSA) is 38.9 Å². The van der Waals surface area contributed by atoms with Gasteiger partial charge in [-0.1, -0.05) is 37.6 Å². The van der Waals surface area contributed by atoms with Crippen molar-refractivity contribution in [2.24, 2.45) is 5.73 Å². The average Bonchev–Trinajstić information content (AvgIpc) is 2.28. The van der Waals surface area contributed by atoms with Gasteiger partial charge in [0.1, 0.15) is 0 Å². The van der Waals surface area contributed by atoms with E-state index in [0.717, 1.165) is 23.9 Å². The maximum Gasteiger partial charge on any atom is 0.0749 e. The summed E-state index contributed by atoms with van der Waals surface area (Å²) in [6, 6.07) is 10.3. The van der Waals surface area contributed by atoms with Crippen LogP contribution in [0.3, 0.4) is 0 Å². The Bertz CT molecular complexity index is 446. The lowest BCUT2D eigenvalue weighted by molar-refractivity contribution is 0.641. The molecule has 2 aromatic rings. The van der Waals surface area contributed by atoms with Crippen molar-refractivity contribution >= 4 is 10.9 Å². The molecule has 0 radical (unpaired) electrons. The van der Waals surface area contributed by atoms with Crippen LogP contribution in [-0.2, 0) is 0 Å². The van der Waals surface area contributed by atoms with Gasteiger partial charge in [0.05, 0.1) is 5.52 Å². The normalized spacial score (nSPS) is 12.9. The molecular formula is C13H16N2. The molecule has 0 saturated heterocycles. The highest BCUT2D eigenvalue weighted by Crippen LogP contribution is 2.23. The second kappa shape index (κ2) is 4.41. The lowest BCUT2D eigenvalue weighted by atomic mass is 10.0. The van der Waals surface area contributed by atoms with Crippen molar-refractivity contribution in [3.63, 3.8) is 0 Å². The number of para-hydroxylation sites is 1. The van der Waals surface area contributed by atoms with E-state index in [4.69, 9.17) is 5.73 Å². The summed E-state index contributed by atoms with van der Waals surface area (Å²) in [5, 5.41) is 1.17. The van der Waals surface area contributed by atoms with E-state index in [0.29, 0.717) is 0 Å². The predicted octanol–water partition coefficient (Wildman–Crippen LogP) is 3.03. The molecule has 0 aliphatic heterocycles. The van der Waals surface area contributed by atoms with Crippen molar-refractivity contribution in [1.29, 1.82) is 0 Å². The Hall–Kier alpha value is -1.41. The number of fused-ring (bicyclic) bond motifs is 1. The summed E-state index contributed by atoms with van der Waals surface area (Å²) < 4.78 is 0. The van der Waals surface area contributed by atoms with Crippen molar-refractivity contribution < 1.29 is 0 Å². The van der Waals surface area contributed by atoms with Gasteiger partial charge >= 0.3 is 0 Å². The fourth-order valence-electron chi connectivity index (χ4n) is 1.89. The summed E-state index contributed by atoms with van der Waals surface area (Å²) in [6.07, 6.45) is 3.94. The van der Waals surface area contributed by atoms with Gasteiger partial charge in [-0.2, -0.15) is 0 Å². The van der Waals surface area contributed by atoms with E-state index in [2.05, 4.69) is 36.2 Å². The van der Waals surface area contributed by atoms with Crippen LogP contribution in [0.4, 0.5) is 0 Å². The van der Waals surface area contributed by atoms with Crippen LogP contribution in [0.5, 0.6) is 0 Å². The molecule has 78 valence electrons. The first kappa shape index (κ1) is 10.1. The minimum Gasteiger partial charge on any atom is -0.324 e. The van der Waals surface area contributed by atoms with E-state index >= 15 is 0 Å². The van der Waals surface area contributed by atoms with Crippen molar-refractivity contribution in [3.8, 4) is 0 Å². The molecule has 2 heteroatoms. The first-order chi connectivity index (χ1) is 7.33. The van der Waals surface area contributed by atoms with Gasteiger partial charge < -0.3 is 5.73 Å². The minimum atomic E-state index is 0.105. The maximum atomic E-state index is 6.13. The molecule has 15 heavy (non-hydrogen) atoms. The second-order valence-electron chi connectivity index (χ2n) is 3.82. The molecule has 2 rings (SSSR count). The van der Waals surface area contributed by atoms with Crippen LogP contribution < -0.4 is 5.73 Å². The third kappa shape index (κ3) is 2.00. The van der Waals surface area contributed by atoms with Gasteiger partial charge in [-0.15, -0.1) is 0 Å². The van der Waals surface area contributed by atoms with E-state index in [-0.39, 0.29) is 6.04 Å². The molecule has 1 aromatic carbocycles. The SMILES string of the molecule is CCCC(N)c1cccc2cccnc12. The van der Waals surface area contributed by atoms with Gasteiger partial charge in [-0.3, -0.25) is 4.98 Å².